The molecule has 1 amide bonds. The zero-order valence-corrected chi connectivity index (χ0v) is 24.9. The molecule has 0 aliphatic carbocycles. The normalized spacial score (nSPS) is 8.86. The maximum Gasteiger partial charge on any atom is 2.00 e. The summed E-state index contributed by atoms with van der Waals surface area (Å²) in [6.45, 7) is 0.741. The van der Waals surface area contributed by atoms with E-state index in [1.54, 1.807) is 11.8 Å². The zero-order chi connectivity index (χ0) is 21.0. The molecule has 0 aliphatic rings. The van der Waals surface area contributed by atoms with Crippen LogP contribution in [-0.4, -0.2) is 29.9 Å². The molecule has 0 saturated heterocycles. The predicted molar refractivity (Wildman–Crippen MR) is 137 cm³/mol. The van der Waals surface area contributed by atoms with Crippen LogP contribution in [-0.2, 0) is 37.5 Å². The minimum atomic E-state index is -0.409. The van der Waals surface area contributed by atoms with Crippen molar-refractivity contribution in [1.82, 2.24) is 5.32 Å². The largest absolute Gasteiger partial charge is 2.00 e. The van der Waals surface area contributed by atoms with Crippen molar-refractivity contribution in [2.24, 2.45) is 0 Å². The topological polar surface area (TPSA) is 60.6 Å². The molecule has 0 spiro atoms. The molecule has 3 N–H and O–H groups in total. The van der Waals surface area contributed by atoms with Gasteiger partial charge < -0.3 is 40.4 Å². The molecule has 0 unspecified atom stereocenters. The average Bonchev–Trinajstić information content (AvgIpc) is 3.51. The van der Waals surface area contributed by atoms with Crippen molar-refractivity contribution in [3.63, 3.8) is 0 Å². The van der Waals surface area contributed by atoms with Gasteiger partial charge in [-0.05, 0) is 16.9 Å². The van der Waals surface area contributed by atoms with Crippen LogP contribution in [0.15, 0.2) is 109 Å². The Balaban J connectivity index is -0.000000543. The van der Waals surface area contributed by atoms with E-state index >= 15 is 0 Å². The fourth-order valence-corrected chi connectivity index (χ4v) is 5.62. The Hall–Kier alpha value is -0.888. The van der Waals surface area contributed by atoms with Crippen LogP contribution in [0.25, 0.3) is 0 Å². The van der Waals surface area contributed by atoms with Crippen LogP contribution in [0.3, 0.4) is 0 Å². The number of rotatable bonds is 7. The number of benzene rings is 2. The molecule has 4 rings (SSSR count). The van der Waals surface area contributed by atoms with Gasteiger partial charge in [0.2, 0.25) is 0 Å². The number of thioether (sulfide) groups is 1. The number of hydrogen-bond acceptors (Lipinski definition) is 2. The van der Waals surface area contributed by atoms with Gasteiger partial charge in [-0.1, -0.05) is 74.1 Å². The molecule has 0 heterocycles. The third-order valence-electron chi connectivity index (χ3n) is 4.45. The summed E-state index contributed by atoms with van der Waals surface area (Å²) < 4.78 is 0. The van der Waals surface area contributed by atoms with E-state index in [2.05, 4.69) is 90.2 Å². The van der Waals surface area contributed by atoms with E-state index in [0.29, 0.717) is 0 Å². The van der Waals surface area contributed by atoms with Crippen molar-refractivity contribution in [2.75, 3.05) is 18.6 Å². The van der Waals surface area contributed by atoms with Crippen LogP contribution >= 0.6 is 19.7 Å². The first-order valence-corrected chi connectivity index (χ1v) is 12.6. The third kappa shape index (κ3) is 12.8. The number of carbonyl (C=O) groups excluding carboxylic acids is 1. The Bertz CT molecular complexity index is 955. The van der Waals surface area contributed by atoms with Crippen molar-refractivity contribution in [3.8, 4) is 0 Å². The minimum Gasteiger partial charge on any atom is -1.00 e. The predicted octanol–water partition coefficient (Wildman–Crippen LogP) is -2.16. The molecule has 0 bridgehead atoms. The van der Waals surface area contributed by atoms with Gasteiger partial charge in [-0.25, -0.2) is 12.1 Å². The summed E-state index contributed by atoms with van der Waals surface area (Å²) in [5.41, 5.74) is 0.746. The Kier molecular flexibility index (Phi) is 24.6. The summed E-state index contributed by atoms with van der Waals surface area (Å²) in [6, 6.07) is 37.6. The van der Waals surface area contributed by atoms with Crippen LogP contribution in [0.1, 0.15) is 10.4 Å². The van der Waals surface area contributed by atoms with Gasteiger partial charge in [-0.3, -0.25) is 0 Å². The second-order valence-electron chi connectivity index (χ2n) is 6.57. The molecule has 9 heteroatoms. The average molecular weight is 683 g/mol. The molecule has 0 atom stereocenters. The van der Waals surface area contributed by atoms with Crippen molar-refractivity contribution in [1.29, 1.82) is 0 Å². The molecule has 0 fully saturated rings. The van der Waals surface area contributed by atoms with Crippen molar-refractivity contribution >= 4 is 41.5 Å². The standard InChI is InChI=1S/C17H14P.C9H12NOS.2ClH.Fe.H2O.Pd/c1-3-9-15(10-4-1)18(17-13-7-8-14-17)16-11-5-2-6-12-16;1-12-7-6-10-9(11)8-4-2-3-5-8;;;;;/h1-14H;2-5H,6-7H2,1H3,(H,10,11);2*1H;;1H2;/q2*-1;;;+2;;+2/p-2. The van der Waals surface area contributed by atoms with Crippen molar-refractivity contribution in [2.45, 2.75) is 0 Å². The molecule has 3 nitrogen and oxygen atoms in total. The van der Waals surface area contributed by atoms with Gasteiger partial charge in [0.25, 0.3) is 0 Å². The molecule has 0 aromatic heterocycles. The van der Waals surface area contributed by atoms with Crippen LogP contribution in [0.2, 0.25) is 0 Å². The van der Waals surface area contributed by atoms with Crippen LogP contribution in [0.5, 0.6) is 0 Å². The number of nitrogens with one attached hydrogen (secondary N) is 1. The zero-order valence-electron chi connectivity index (χ0n) is 19.0. The van der Waals surface area contributed by atoms with Gasteiger partial charge in [0.15, 0.2) is 5.91 Å². The Morgan fingerprint density at radius 1 is 0.886 bits per heavy atom. The van der Waals surface area contributed by atoms with Crippen LogP contribution in [0, 0.1) is 0 Å². The van der Waals surface area contributed by atoms with Gasteiger partial charge in [-0.2, -0.15) is 42.1 Å². The smallest absolute Gasteiger partial charge is 1.00 e. The molecule has 0 saturated carbocycles. The van der Waals surface area contributed by atoms with Gasteiger partial charge in [0, 0.05) is 12.3 Å². The second kappa shape index (κ2) is 22.3. The SMILES string of the molecule is CSCCNC(=O)c1ccc[cH-]1.O.[Cl-].[Cl-].[Fe+2].[Pd+2].c1ccc(P(c2ccccc2)[c-]2cccc2)cc1. The van der Waals surface area contributed by atoms with E-state index in [9.17, 15) is 4.79 Å². The van der Waals surface area contributed by atoms with E-state index in [-0.39, 0.29) is 73.7 Å². The van der Waals surface area contributed by atoms with Crippen molar-refractivity contribution < 1.29 is 72.6 Å². The number of hydrogen-bond donors (Lipinski definition) is 1. The number of carbonyl (C=O) groups is 1. The van der Waals surface area contributed by atoms with Crippen LogP contribution < -0.4 is 46.0 Å². The second-order valence-corrected chi connectivity index (χ2v) is 9.78. The first-order valence-electron chi connectivity index (χ1n) is 9.90. The first-order chi connectivity index (χ1) is 14.8. The van der Waals surface area contributed by atoms with Crippen molar-refractivity contribution in [3.05, 3.63) is 115 Å². The summed E-state index contributed by atoms with van der Waals surface area (Å²) in [4.78, 5) is 11.3. The quantitative estimate of drug-likeness (QED) is 0.105. The van der Waals surface area contributed by atoms with Gasteiger partial charge >= 0.3 is 37.5 Å². The Morgan fingerprint density at radius 3 is 1.83 bits per heavy atom. The summed E-state index contributed by atoms with van der Waals surface area (Å²) in [6.07, 6.45) is 2.02. The monoisotopic (exact) mass is 681 g/mol. The molecular formula is C26H28Cl2FeNO2PPdS. The molecule has 0 radical (unpaired) electrons. The minimum absolute atomic E-state index is 0. The van der Waals surface area contributed by atoms with E-state index in [1.807, 2.05) is 30.5 Å². The summed E-state index contributed by atoms with van der Waals surface area (Å²) in [5.74, 6) is 0.987. The van der Waals surface area contributed by atoms with E-state index < -0.39 is 7.92 Å². The molecule has 192 valence electrons. The number of amides is 1. The maximum absolute atomic E-state index is 11.3. The molecule has 4 aromatic carbocycles. The third-order valence-corrected chi connectivity index (χ3v) is 7.50. The summed E-state index contributed by atoms with van der Waals surface area (Å²) in [5, 5.41) is 7.06. The molecule has 35 heavy (non-hydrogen) atoms. The van der Waals surface area contributed by atoms with Gasteiger partial charge in [0.05, 0.1) is 0 Å². The Morgan fingerprint density at radius 2 is 1.40 bits per heavy atom. The fourth-order valence-electron chi connectivity index (χ4n) is 3.01. The van der Waals surface area contributed by atoms with E-state index in [4.69, 9.17) is 0 Å². The summed E-state index contributed by atoms with van der Waals surface area (Å²) in [7, 11) is -0.409. The maximum atomic E-state index is 11.3. The Labute approximate surface area is 251 Å². The summed E-state index contributed by atoms with van der Waals surface area (Å²) >= 11 is 1.73. The van der Waals surface area contributed by atoms with Gasteiger partial charge in [-0.15, -0.1) is 11.4 Å². The molecule has 0 aliphatic heterocycles. The van der Waals surface area contributed by atoms with E-state index in [1.165, 1.54) is 15.9 Å². The number of halogens is 2. The first kappa shape index (κ1) is 38.6. The molecular weight excluding hydrogens is 655 g/mol. The van der Waals surface area contributed by atoms with Gasteiger partial charge in [0.1, 0.15) is 0 Å². The fraction of sp³-hybridized carbons (Fsp3) is 0.115. The molecule has 4 aromatic rings. The van der Waals surface area contributed by atoms with Crippen LogP contribution in [0.4, 0.5) is 0 Å². The van der Waals surface area contributed by atoms with E-state index in [0.717, 1.165) is 17.9 Å².